The van der Waals surface area contributed by atoms with E-state index in [2.05, 4.69) is 13.8 Å². The summed E-state index contributed by atoms with van der Waals surface area (Å²) in [7, 11) is 0. The van der Waals surface area contributed by atoms with Gasteiger partial charge in [-0.15, -0.1) is 0 Å². The zero-order valence-electron chi connectivity index (χ0n) is 13.1. The van der Waals surface area contributed by atoms with Crippen LogP contribution in [0.5, 0.6) is 5.75 Å². The topological polar surface area (TPSA) is 26.3 Å². The molecule has 1 aromatic rings. The molecule has 0 bridgehead atoms. The smallest absolute Gasteiger partial charge is 0.158 e. The molecule has 0 aliphatic heterocycles. The molecule has 0 saturated carbocycles. The van der Waals surface area contributed by atoms with E-state index in [4.69, 9.17) is 4.74 Å². The molecule has 0 aliphatic rings. The molecule has 0 saturated heterocycles. The Morgan fingerprint density at radius 3 is 2.65 bits per heavy atom. The molecule has 0 N–H and O–H groups in total. The summed E-state index contributed by atoms with van der Waals surface area (Å²) in [6, 6.07) is 7.86. The maximum Gasteiger partial charge on any atom is 0.158 e. The van der Waals surface area contributed by atoms with Gasteiger partial charge in [-0.3, -0.25) is 4.79 Å². The van der Waals surface area contributed by atoms with Crippen LogP contribution in [0.1, 0.15) is 46.1 Å². The fraction of sp³-hybridized carbons (Fsp3) is 0.500. The summed E-state index contributed by atoms with van der Waals surface area (Å²) in [6.45, 7) is 8.99. The average molecular weight is 274 g/mol. The van der Waals surface area contributed by atoms with Crippen LogP contribution in [0, 0.1) is 11.8 Å². The second-order valence-electron chi connectivity index (χ2n) is 5.85. The highest BCUT2D eigenvalue weighted by Gasteiger charge is 2.02. The van der Waals surface area contributed by atoms with Crippen molar-refractivity contribution in [3.63, 3.8) is 0 Å². The van der Waals surface area contributed by atoms with Crippen LogP contribution in [-0.2, 0) is 4.79 Å². The van der Waals surface area contributed by atoms with Crippen molar-refractivity contribution in [2.75, 3.05) is 6.61 Å². The maximum absolute atomic E-state index is 11.6. The lowest BCUT2D eigenvalue weighted by atomic mass is 10.1. The monoisotopic (exact) mass is 274 g/mol. The minimum absolute atomic E-state index is 0.0433. The minimum Gasteiger partial charge on any atom is -0.494 e. The van der Waals surface area contributed by atoms with Gasteiger partial charge in [-0.2, -0.15) is 0 Å². The lowest BCUT2D eigenvalue weighted by molar-refractivity contribution is -0.117. The van der Waals surface area contributed by atoms with E-state index in [-0.39, 0.29) is 11.7 Å². The zero-order valence-corrected chi connectivity index (χ0v) is 13.1. The van der Waals surface area contributed by atoms with Crippen molar-refractivity contribution in [3.05, 3.63) is 35.9 Å². The van der Waals surface area contributed by atoms with E-state index in [9.17, 15) is 4.79 Å². The van der Waals surface area contributed by atoms with Crippen molar-refractivity contribution in [2.24, 2.45) is 11.8 Å². The van der Waals surface area contributed by atoms with Gasteiger partial charge in [-0.05, 0) is 42.5 Å². The first kappa shape index (κ1) is 16.5. The molecular formula is C18H26O2. The third kappa shape index (κ3) is 6.55. The van der Waals surface area contributed by atoms with Crippen LogP contribution < -0.4 is 4.74 Å². The number of benzene rings is 1. The van der Waals surface area contributed by atoms with E-state index in [0.29, 0.717) is 0 Å². The summed E-state index contributed by atoms with van der Waals surface area (Å²) in [5.41, 5.74) is 1.00. The van der Waals surface area contributed by atoms with Crippen LogP contribution in [0.3, 0.4) is 0 Å². The second kappa shape index (κ2) is 8.57. The normalized spacial score (nSPS) is 11.5. The Balaban J connectivity index is 2.51. The van der Waals surface area contributed by atoms with Crippen molar-refractivity contribution in [1.82, 2.24) is 0 Å². The summed E-state index contributed by atoms with van der Waals surface area (Å²) in [5.74, 6) is 1.78. The fourth-order valence-corrected chi connectivity index (χ4v) is 1.76. The molecule has 1 rings (SSSR count). The van der Waals surface area contributed by atoms with Crippen LogP contribution in [0.4, 0.5) is 0 Å². The van der Waals surface area contributed by atoms with Gasteiger partial charge >= 0.3 is 0 Å². The number of hydrogen-bond donors (Lipinski definition) is 0. The molecule has 2 heteroatoms. The van der Waals surface area contributed by atoms with Crippen molar-refractivity contribution >= 4 is 11.9 Å². The Morgan fingerprint density at radius 2 is 2.00 bits per heavy atom. The number of carbonyl (C=O) groups is 1. The number of allylic oxidation sites excluding steroid dienone is 1. The fourth-order valence-electron chi connectivity index (χ4n) is 1.76. The highest BCUT2D eigenvalue weighted by Crippen LogP contribution is 2.16. The van der Waals surface area contributed by atoms with Gasteiger partial charge in [0.25, 0.3) is 0 Å². The van der Waals surface area contributed by atoms with Gasteiger partial charge in [-0.25, -0.2) is 0 Å². The first-order chi connectivity index (χ1) is 9.49. The average Bonchev–Trinajstić information content (AvgIpc) is 2.41. The molecule has 0 aromatic heterocycles. The molecule has 0 aliphatic carbocycles. The minimum atomic E-state index is 0.0433. The van der Waals surface area contributed by atoms with E-state index in [0.717, 1.165) is 30.3 Å². The number of hydrogen-bond acceptors (Lipinski definition) is 2. The highest BCUT2D eigenvalue weighted by molar-refractivity contribution is 5.94. The van der Waals surface area contributed by atoms with Crippen LogP contribution >= 0.6 is 0 Å². The predicted octanol–water partition coefficient (Wildman–Crippen LogP) is 4.74. The summed E-state index contributed by atoms with van der Waals surface area (Å²) < 4.78 is 5.73. The number of ether oxygens (including phenoxy) is 1. The van der Waals surface area contributed by atoms with Gasteiger partial charge in [-0.1, -0.05) is 45.9 Å². The first-order valence-electron chi connectivity index (χ1n) is 7.44. The van der Waals surface area contributed by atoms with Crippen molar-refractivity contribution < 1.29 is 9.53 Å². The molecule has 0 amide bonds. The molecule has 0 radical (unpaired) electrons. The van der Waals surface area contributed by atoms with E-state index >= 15 is 0 Å². The molecule has 0 fully saturated rings. The van der Waals surface area contributed by atoms with Crippen molar-refractivity contribution in [2.45, 2.75) is 40.5 Å². The summed E-state index contributed by atoms with van der Waals surface area (Å²) in [6.07, 6.45) is 5.75. The Hall–Kier alpha value is -1.57. The van der Waals surface area contributed by atoms with E-state index in [1.54, 1.807) is 6.08 Å². The molecule has 1 aromatic carbocycles. The van der Waals surface area contributed by atoms with Crippen LogP contribution in [-0.4, -0.2) is 12.4 Å². The quantitative estimate of drug-likeness (QED) is 0.505. The number of carbonyl (C=O) groups excluding carboxylic acids is 1. The van der Waals surface area contributed by atoms with Crippen molar-refractivity contribution in [1.29, 1.82) is 0 Å². The Kier molecular flexibility index (Phi) is 7.06. The SMILES string of the molecule is CC(C)CCCOc1cccc(/C=C/C(=O)C(C)C)c1. The van der Waals surface area contributed by atoms with E-state index in [1.165, 1.54) is 6.42 Å². The Labute approximate surface area is 122 Å². The molecule has 0 atom stereocenters. The molecule has 0 unspecified atom stereocenters. The lowest BCUT2D eigenvalue weighted by Crippen LogP contribution is -2.01. The first-order valence-corrected chi connectivity index (χ1v) is 7.44. The summed E-state index contributed by atoms with van der Waals surface area (Å²) in [5, 5.41) is 0. The third-order valence-electron chi connectivity index (χ3n) is 3.06. The molecule has 0 heterocycles. The van der Waals surface area contributed by atoms with E-state index < -0.39 is 0 Å². The Bertz CT molecular complexity index is 444. The molecular weight excluding hydrogens is 248 g/mol. The highest BCUT2D eigenvalue weighted by atomic mass is 16.5. The van der Waals surface area contributed by atoms with Crippen LogP contribution in [0.15, 0.2) is 30.3 Å². The maximum atomic E-state index is 11.6. The van der Waals surface area contributed by atoms with Gasteiger partial charge in [0.05, 0.1) is 6.61 Å². The molecule has 20 heavy (non-hydrogen) atoms. The zero-order chi connectivity index (χ0) is 15.0. The standard InChI is InChI=1S/C18H26O2/c1-14(2)7-6-12-20-17-9-5-8-16(13-17)10-11-18(19)15(3)4/h5,8-11,13-15H,6-7,12H2,1-4H3/b11-10+. The summed E-state index contributed by atoms with van der Waals surface area (Å²) in [4.78, 5) is 11.6. The van der Waals surface area contributed by atoms with Gasteiger partial charge in [0.2, 0.25) is 0 Å². The van der Waals surface area contributed by atoms with Crippen LogP contribution in [0.2, 0.25) is 0 Å². The summed E-state index contributed by atoms with van der Waals surface area (Å²) >= 11 is 0. The van der Waals surface area contributed by atoms with E-state index in [1.807, 2.05) is 44.2 Å². The molecule has 0 spiro atoms. The third-order valence-corrected chi connectivity index (χ3v) is 3.06. The van der Waals surface area contributed by atoms with Crippen molar-refractivity contribution in [3.8, 4) is 5.75 Å². The van der Waals surface area contributed by atoms with Gasteiger partial charge in [0.1, 0.15) is 5.75 Å². The predicted molar refractivity (Wildman–Crippen MR) is 84.9 cm³/mol. The number of rotatable bonds is 8. The van der Waals surface area contributed by atoms with Gasteiger partial charge in [0, 0.05) is 5.92 Å². The van der Waals surface area contributed by atoms with Crippen LogP contribution in [0.25, 0.3) is 6.08 Å². The van der Waals surface area contributed by atoms with Gasteiger partial charge in [0.15, 0.2) is 5.78 Å². The largest absolute Gasteiger partial charge is 0.494 e. The molecule has 110 valence electrons. The molecule has 2 nitrogen and oxygen atoms in total. The van der Waals surface area contributed by atoms with Gasteiger partial charge < -0.3 is 4.74 Å². The lowest BCUT2D eigenvalue weighted by Gasteiger charge is -2.08. The number of ketones is 1. The Morgan fingerprint density at radius 1 is 1.25 bits per heavy atom. The second-order valence-corrected chi connectivity index (χ2v) is 5.85.